The van der Waals surface area contributed by atoms with Gasteiger partial charge >= 0.3 is 11.4 Å². The number of hydrogen-bond donors (Lipinski definition) is 1. The molecule has 2 aromatic heterocycles. The molecule has 1 aliphatic carbocycles. The molecular formula is C40H40N6O9. The minimum Gasteiger partial charge on any atom is -0.504 e. The predicted molar refractivity (Wildman–Crippen MR) is 201 cm³/mol. The summed E-state index contributed by atoms with van der Waals surface area (Å²) in [6.45, 7) is 3.67. The van der Waals surface area contributed by atoms with Gasteiger partial charge in [-0.05, 0) is 44.0 Å². The van der Waals surface area contributed by atoms with Crippen LogP contribution in [-0.2, 0) is 36.1 Å². The Morgan fingerprint density at radius 2 is 1.65 bits per heavy atom. The SMILES string of the molecule is CCOc1cccc([C@H]2C3=CCn4c(=O)n(CCc5nc6cc(OC)c(OC)cc6n(C)c5=O)c(=O)n4[C@@H]3C[C@H]3C(=O)N(c4ccccc4)C(=O)[C@@]23C)c1O. The first-order chi connectivity index (χ1) is 26.5. The number of carbonyl (C=O) groups is 2. The Morgan fingerprint density at radius 3 is 2.36 bits per heavy atom. The Balaban J connectivity index is 1.22. The number of rotatable bonds is 9. The number of para-hydroxylation sites is 2. The maximum atomic E-state index is 14.6. The Kier molecular flexibility index (Phi) is 8.54. The fourth-order valence-electron chi connectivity index (χ4n) is 8.82. The molecule has 2 amide bonds. The number of benzene rings is 3. The number of aromatic hydroxyl groups is 1. The van der Waals surface area contributed by atoms with Gasteiger partial charge in [-0.2, -0.15) is 0 Å². The molecule has 1 saturated heterocycles. The van der Waals surface area contributed by atoms with E-state index in [1.165, 1.54) is 33.1 Å². The Morgan fingerprint density at radius 1 is 0.927 bits per heavy atom. The molecule has 0 spiro atoms. The van der Waals surface area contributed by atoms with Crippen LogP contribution in [0.15, 0.2) is 86.7 Å². The van der Waals surface area contributed by atoms with Crippen LogP contribution in [0.4, 0.5) is 5.69 Å². The first-order valence-corrected chi connectivity index (χ1v) is 18.1. The summed E-state index contributed by atoms with van der Waals surface area (Å²) in [5, 5.41) is 11.6. The minimum atomic E-state index is -1.36. The van der Waals surface area contributed by atoms with Crippen LogP contribution in [0.5, 0.6) is 23.0 Å². The summed E-state index contributed by atoms with van der Waals surface area (Å²) in [5.41, 5.74) is -0.406. The van der Waals surface area contributed by atoms with Gasteiger partial charge in [0, 0.05) is 43.6 Å². The van der Waals surface area contributed by atoms with E-state index in [1.54, 1.807) is 81.6 Å². The number of fused-ring (bicyclic) bond motifs is 5. The van der Waals surface area contributed by atoms with Crippen LogP contribution in [0.1, 0.15) is 43.5 Å². The average molecular weight is 749 g/mol. The maximum Gasteiger partial charge on any atom is 0.347 e. The largest absolute Gasteiger partial charge is 0.504 e. The van der Waals surface area contributed by atoms with Crippen LogP contribution >= 0.6 is 0 Å². The lowest BCUT2D eigenvalue weighted by molar-refractivity contribution is -0.129. The zero-order chi connectivity index (χ0) is 38.9. The van der Waals surface area contributed by atoms with Crippen molar-refractivity contribution in [2.24, 2.45) is 18.4 Å². The number of allylic oxidation sites excluding steroid dienone is 2. The van der Waals surface area contributed by atoms with E-state index in [-0.39, 0.29) is 49.7 Å². The fraction of sp³-hybridized carbons (Fsp3) is 0.350. The predicted octanol–water partition coefficient (Wildman–Crippen LogP) is 3.29. The molecule has 284 valence electrons. The molecule has 4 atom stereocenters. The van der Waals surface area contributed by atoms with Gasteiger partial charge in [-0.15, -0.1) is 0 Å². The third kappa shape index (κ3) is 5.16. The van der Waals surface area contributed by atoms with Crippen molar-refractivity contribution in [2.45, 2.75) is 51.7 Å². The van der Waals surface area contributed by atoms with Gasteiger partial charge < -0.3 is 23.9 Å². The zero-order valence-electron chi connectivity index (χ0n) is 31.0. The molecule has 0 unspecified atom stereocenters. The number of ether oxygens (including phenoxy) is 3. The second-order valence-electron chi connectivity index (χ2n) is 14.2. The van der Waals surface area contributed by atoms with Gasteiger partial charge in [0.1, 0.15) is 5.69 Å². The molecule has 4 heterocycles. The van der Waals surface area contributed by atoms with Crippen LogP contribution in [0, 0.1) is 11.3 Å². The molecule has 15 heteroatoms. The van der Waals surface area contributed by atoms with Gasteiger partial charge in [0.15, 0.2) is 23.0 Å². The van der Waals surface area contributed by atoms with E-state index in [4.69, 9.17) is 14.2 Å². The number of imide groups is 1. The summed E-state index contributed by atoms with van der Waals surface area (Å²) < 4.78 is 21.7. The highest BCUT2D eigenvalue weighted by Gasteiger charge is 2.65. The van der Waals surface area contributed by atoms with E-state index in [0.29, 0.717) is 39.4 Å². The highest BCUT2D eigenvalue weighted by atomic mass is 16.5. The molecule has 55 heavy (non-hydrogen) atoms. The van der Waals surface area contributed by atoms with Gasteiger partial charge in [-0.1, -0.05) is 36.4 Å². The van der Waals surface area contributed by atoms with E-state index >= 15 is 0 Å². The molecule has 2 fully saturated rings. The lowest BCUT2D eigenvalue weighted by atomic mass is 9.56. The van der Waals surface area contributed by atoms with Crippen molar-refractivity contribution in [3.05, 3.63) is 115 Å². The summed E-state index contributed by atoms with van der Waals surface area (Å²) in [6.07, 6.45) is 1.85. The number of aromatic nitrogens is 5. The smallest absolute Gasteiger partial charge is 0.347 e. The standard InChI is InChI=1S/C40H40N6O9/c1-6-55-30-14-10-13-24(34(30)47)33-23-15-18-44-38(51)43(17-16-26-36(49)42(3)29-21-32(54-5)31(53-4)20-27(29)41-26)39(52)46(44)28(23)19-25-35(48)45(37(50)40(25,33)2)22-11-8-7-9-12-22/h7-15,20-21,25,28,33,47H,6,16-19H2,1-5H3/t25-,28+,33+,40+/m0/s1. The van der Waals surface area contributed by atoms with E-state index in [9.17, 15) is 29.1 Å². The second kappa shape index (κ2) is 13.2. The number of nitrogens with zero attached hydrogens (tertiary/aromatic N) is 6. The fourth-order valence-corrected chi connectivity index (χ4v) is 8.82. The lowest BCUT2D eigenvalue weighted by Gasteiger charge is -2.47. The number of amides is 2. The molecule has 0 bridgehead atoms. The van der Waals surface area contributed by atoms with Gasteiger partial charge in [-0.25, -0.2) is 33.4 Å². The molecule has 3 aromatic carbocycles. The molecular weight excluding hydrogens is 708 g/mol. The normalized spacial score (nSPS) is 21.6. The minimum absolute atomic E-state index is 0.00177. The van der Waals surface area contributed by atoms with E-state index in [1.807, 2.05) is 6.08 Å². The third-order valence-electron chi connectivity index (χ3n) is 11.5. The molecule has 5 aromatic rings. The summed E-state index contributed by atoms with van der Waals surface area (Å²) in [4.78, 5) is 76.6. The van der Waals surface area contributed by atoms with Crippen molar-refractivity contribution in [1.29, 1.82) is 0 Å². The molecule has 0 radical (unpaired) electrons. The number of phenolic OH excluding ortho intramolecular Hbond substituents is 1. The maximum absolute atomic E-state index is 14.6. The summed E-state index contributed by atoms with van der Waals surface area (Å²) in [7, 11) is 4.60. The first kappa shape index (κ1) is 35.6. The average Bonchev–Trinajstić information content (AvgIpc) is 3.55. The Bertz CT molecular complexity index is 2620. The van der Waals surface area contributed by atoms with E-state index in [2.05, 4.69) is 4.98 Å². The van der Waals surface area contributed by atoms with Crippen molar-refractivity contribution < 1.29 is 28.9 Å². The monoisotopic (exact) mass is 748 g/mol. The number of hydrogen-bond acceptors (Lipinski definition) is 10. The number of anilines is 1. The van der Waals surface area contributed by atoms with Crippen LogP contribution in [0.3, 0.4) is 0 Å². The van der Waals surface area contributed by atoms with Crippen LogP contribution in [-0.4, -0.2) is 61.2 Å². The number of methoxy groups -OCH3 is 2. The van der Waals surface area contributed by atoms with Gasteiger partial charge in [0.05, 0.1) is 61.5 Å². The Hall–Kier alpha value is -6.38. The Labute approximate surface area is 314 Å². The summed E-state index contributed by atoms with van der Waals surface area (Å²) in [5.74, 6) is -1.70. The van der Waals surface area contributed by atoms with Gasteiger partial charge in [0.2, 0.25) is 11.8 Å². The van der Waals surface area contributed by atoms with Crippen LogP contribution < -0.4 is 36.0 Å². The van der Waals surface area contributed by atoms with E-state index in [0.717, 1.165) is 4.57 Å². The summed E-state index contributed by atoms with van der Waals surface area (Å²) in [6, 6.07) is 16.2. The highest BCUT2D eigenvalue weighted by Crippen LogP contribution is 2.62. The van der Waals surface area contributed by atoms with Crippen molar-refractivity contribution >= 4 is 28.5 Å². The molecule has 3 aliphatic rings. The van der Waals surface area contributed by atoms with Crippen molar-refractivity contribution in [1.82, 2.24) is 23.5 Å². The number of aryl methyl sites for hydroxylation is 2. The van der Waals surface area contributed by atoms with Crippen LogP contribution in [0.25, 0.3) is 11.0 Å². The van der Waals surface area contributed by atoms with E-state index < -0.39 is 52.0 Å². The zero-order valence-corrected chi connectivity index (χ0v) is 31.0. The van der Waals surface area contributed by atoms with Crippen molar-refractivity contribution in [2.75, 3.05) is 25.7 Å². The van der Waals surface area contributed by atoms with Crippen molar-refractivity contribution in [3.8, 4) is 23.0 Å². The molecule has 2 aliphatic heterocycles. The molecule has 15 nitrogen and oxygen atoms in total. The van der Waals surface area contributed by atoms with Gasteiger partial charge in [0.25, 0.3) is 5.56 Å². The molecule has 1 N–H and O–H groups in total. The summed E-state index contributed by atoms with van der Waals surface area (Å²) >= 11 is 0. The second-order valence-corrected chi connectivity index (χ2v) is 14.2. The van der Waals surface area contributed by atoms with Crippen molar-refractivity contribution in [3.63, 3.8) is 0 Å². The topological polar surface area (TPSA) is 169 Å². The first-order valence-electron chi connectivity index (χ1n) is 18.1. The quantitative estimate of drug-likeness (QED) is 0.175. The molecule has 8 rings (SSSR count). The highest BCUT2D eigenvalue weighted by molar-refractivity contribution is 6.24. The molecule has 1 saturated carbocycles. The third-order valence-corrected chi connectivity index (χ3v) is 11.5. The van der Waals surface area contributed by atoms with Crippen LogP contribution in [0.2, 0.25) is 0 Å². The number of carbonyl (C=O) groups excluding carboxylic acids is 2. The van der Waals surface area contributed by atoms with Gasteiger partial charge in [-0.3, -0.25) is 14.4 Å². The lowest BCUT2D eigenvalue weighted by Crippen LogP contribution is -2.49. The number of phenols is 1.